The van der Waals surface area contributed by atoms with Gasteiger partial charge in [-0.05, 0) is 82.2 Å². The van der Waals surface area contributed by atoms with E-state index in [-0.39, 0.29) is 11.9 Å². The molecule has 1 N–H and O–H groups in total. The van der Waals surface area contributed by atoms with Crippen molar-refractivity contribution in [2.45, 2.75) is 65.8 Å². The summed E-state index contributed by atoms with van der Waals surface area (Å²) in [4.78, 5) is 12.7. The molecular weight excluding hydrogens is 374 g/mol. The first kappa shape index (κ1) is 20.4. The Hall–Kier alpha value is -2.89. The van der Waals surface area contributed by atoms with Crippen LogP contribution in [-0.2, 0) is 24.7 Å². The summed E-state index contributed by atoms with van der Waals surface area (Å²) in [6, 6.07) is 6.55. The van der Waals surface area contributed by atoms with Gasteiger partial charge >= 0.3 is 0 Å². The fourth-order valence-corrected chi connectivity index (χ4v) is 4.69. The Morgan fingerprint density at radius 3 is 2.57 bits per heavy atom. The SMILES string of the molecule is Cc1cc(C)cc(-n2ncc3c2CCCC3NC(=O)CCc2c(C)nn(C)c2C)c1. The van der Waals surface area contributed by atoms with E-state index in [9.17, 15) is 4.79 Å². The van der Waals surface area contributed by atoms with Gasteiger partial charge in [0.1, 0.15) is 0 Å². The number of rotatable bonds is 5. The van der Waals surface area contributed by atoms with E-state index in [1.165, 1.54) is 22.4 Å². The van der Waals surface area contributed by atoms with E-state index in [0.29, 0.717) is 6.42 Å². The number of nitrogens with zero attached hydrogens (tertiary/aromatic N) is 4. The molecule has 4 rings (SSSR count). The molecular formula is C24H31N5O. The Labute approximate surface area is 178 Å². The molecule has 158 valence electrons. The fourth-order valence-electron chi connectivity index (χ4n) is 4.69. The van der Waals surface area contributed by atoms with Gasteiger partial charge in [-0.25, -0.2) is 4.68 Å². The maximum Gasteiger partial charge on any atom is 0.220 e. The maximum atomic E-state index is 12.7. The quantitative estimate of drug-likeness (QED) is 0.699. The number of aryl methyl sites for hydroxylation is 4. The van der Waals surface area contributed by atoms with Crippen molar-refractivity contribution in [3.05, 3.63) is 63.7 Å². The number of hydrogen-bond acceptors (Lipinski definition) is 3. The lowest BCUT2D eigenvalue weighted by molar-refractivity contribution is -0.121. The Morgan fingerprint density at radius 1 is 1.17 bits per heavy atom. The molecule has 0 bridgehead atoms. The highest BCUT2D eigenvalue weighted by molar-refractivity contribution is 5.77. The number of carbonyl (C=O) groups excluding carboxylic acids is 1. The van der Waals surface area contributed by atoms with E-state index in [1.54, 1.807) is 0 Å². The Bertz CT molecular complexity index is 1070. The van der Waals surface area contributed by atoms with Gasteiger partial charge in [-0.1, -0.05) is 6.07 Å². The fraction of sp³-hybridized carbons (Fsp3) is 0.458. The number of hydrogen-bond donors (Lipinski definition) is 1. The van der Waals surface area contributed by atoms with Crippen LogP contribution in [0.1, 0.15) is 64.6 Å². The molecule has 3 aromatic rings. The molecule has 30 heavy (non-hydrogen) atoms. The predicted molar refractivity (Wildman–Crippen MR) is 118 cm³/mol. The second-order valence-corrected chi connectivity index (χ2v) is 8.59. The third-order valence-corrected chi connectivity index (χ3v) is 6.23. The van der Waals surface area contributed by atoms with Crippen LogP contribution in [0, 0.1) is 27.7 Å². The molecule has 0 saturated carbocycles. The summed E-state index contributed by atoms with van der Waals surface area (Å²) >= 11 is 0. The summed E-state index contributed by atoms with van der Waals surface area (Å²) in [5, 5.41) is 12.4. The largest absolute Gasteiger partial charge is 0.349 e. The average molecular weight is 406 g/mol. The highest BCUT2D eigenvalue weighted by Crippen LogP contribution is 2.31. The summed E-state index contributed by atoms with van der Waals surface area (Å²) in [6.45, 7) is 8.29. The zero-order valence-electron chi connectivity index (χ0n) is 18.6. The molecule has 0 radical (unpaired) electrons. The molecule has 6 nitrogen and oxygen atoms in total. The molecule has 1 amide bonds. The van der Waals surface area contributed by atoms with Crippen LogP contribution < -0.4 is 5.32 Å². The molecule has 2 heterocycles. The zero-order valence-corrected chi connectivity index (χ0v) is 18.6. The van der Waals surface area contributed by atoms with Crippen molar-refractivity contribution in [1.82, 2.24) is 24.9 Å². The topological polar surface area (TPSA) is 64.7 Å². The van der Waals surface area contributed by atoms with E-state index >= 15 is 0 Å². The van der Waals surface area contributed by atoms with Gasteiger partial charge in [-0.3, -0.25) is 9.48 Å². The number of fused-ring (bicyclic) bond motifs is 1. The first-order valence-corrected chi connectivity index (χ1v) is 10.8. The Morgan fingerprint density at radius 2 is 1.90 bits per heavy atom. The van der Waals surface area contributed by atoms with Crippen molar-refractivity contribution >= 4 is 5.91 Å². The van der Waals surface area contributed by atoms with E-state index in [1.807, 2.05) is 24.9 Å². The summed E-state index contributed by atoms with van der Waals surface area (Å²) in [5.74, 6) is 0.0923. The van der Waals surface area contributed by atoms with E-state index in [4.69, 9.17) is 0 Å². The highest BCUT2D eigenvalue weighted by atomic mass is 16.1. The summed E-state index contributed by atoms with van der Waals surface area (Å²) in [7, 11) is 1.95. The van der Waals surface area contributed by atoms with Gasteiger partial charge < -0.3 is 5.32 Å². The van der Waals surface area contributed by atoms with Gasteiger partial charge in [0.15, 0.2) is 0 Å². The predicted octanol–water partition coefficient (Wildman–Crippen LogP) is 3.97. The first-order chi connectivity index (χ1) is 14.3. The third kappa shape index (κ3) is 3.91. The normalized spacial score (nSPS) is 15.8. The van der Waals surface area contributed by atoms with Crippen LogP contribution in [0.3, 0.4) is 0 Å². The van der Waals surface area contributed by atoms with Crippen molar-refractivity contribution in [2.75, 3.05) is 0 Å². The minimum absolute atomic E-state index is 0.0389. The molecule has 0 saturated heterocycles. The second-order valence-electron chi connectivity index (χ2n) is 8.59. The maximum absolute atomic E-state index is 12.7. The average Bonchev–Trinajstić information content (AvgIpc) is 3.21. The first-order valence-electron chi connectivity index (χ1n) is 10.8. The van der Waals surface area contributed by atoms with E-state index in [2.05, 4.69) is 59.2 Å². The number of benzene rings is 1. The number of aromatic nitrogens is 4. The van der Waals surface area contributed by atoms with Crippen LogP contribution in [0.15, 0.2) is 24.4 Å². The van der Waals surface area contributed by atoms with Gasteiger partial charge in [0.05, 0.1) is 23.6 Å². The molecule has 0 spiro atoms. The van der Waals surface area contributed by atoms with Gasteiger partial charge in [-0.15, -0.1) is 0 Å². The van der Waals surface area contributed by atoms with Crippen molar-refractivity contribution in [3.63, 3.8) is 0 Å². The number of amides is 1. The zero-order chi connectivity index (χ0) is 21.4. The van der Waals surface area contributed by atoms with Crippen molar-refractivity contribution in [2.24, 2.45) is 7.05 Å². The lowest BCUT2D eigenvalue weighted by atomic mass is 9.92. The van der Waals surface area contributed by atoms with Gasteiger partial charge in [0.2, 0.25) is 5.91 Å². The van der Waals surface area contributed by atoms with E-state index < -0.39 is 0 Å². The van der Waals surface area contributed by atoms with Crippen LogP contribution >= 0.6 is 0 Å². The minimum Gasteiger partial charge on any atom is -0.349 e. The molecule has 1 atom stereocenters. The van der Waals surface area contributed by atoms with Crippen molar-refractivity contribution in [1.29, 1.82) is 0 Å². The van der Waals surface area contributed by atoms with Crippen molar-refractivity contribution < 1.29 is 4.79 Å². The standard InChI is InChI=1S/C24H31N5O/c1-15-11-16(2)13-19(12-15)29-23-8-6-7-22(21(23)14-25-29)26-24(30)10-9-20-17(3)27-28(5)18(20)4/h11-14,22H,6-10H2,1-5H3,(H,26,30). The smallest absolute Gasteiger partial charge is 0.220 e. The molecule has 6 heteroatoms. The third-order valence-electron chi connectivity index (χ3n) is 6.23. The van der Waals surface area contributed by atoms with Crippen LogP contribution in [0.25, 0.3) is 5.69 Å². The molecule has 1 unspecified atom stereocenters. The molecule has 1 aliphatic carbocycles. The lowest BCUT2D eigenvalue weighted by Crippen LogP contribution is -2.31. The Kier molecular flexibility index (Phi) is 5.50. The monoisotopic (exact) mass is 405 g/mol. The summed E-state index contributed by atoms with van der Waals surface area (Å²) in [6.07, 6.45) is 6.13. The minimum atomic E-state index is 0.0389. The molecule has 1 aliphatic rings. The lowest BCUT2D eigenvalue weighted by Gasteiger charge is -2.24. The van der Waals surface area contributed by atoms with Crippen LogP contribution in [-0.4, -0.2) is 25.5 Å². The second kappa shape index (κ2) is 8.09. The molecule has 2 aromatic heterocycles. The molecule has 0 aliphatic heterocycles. The van der Waals surface area contributed by atoms with Crippen LogP contribution in [0.2, 0.25) is 0 Å². The van der Waals surface area contributed by atoms with Gasteiger partial charge in [0, 0.05) is 30.4 Å². The summed E-state index contributed by atoms with van der Waals surface area (Å²) in [5.41, 5.74) is 9.26. The molecule has 0 fully saturated rings. The summed E-state index contributed by atoms with van der Waals surface area (Å²) < 4.78 is 3.94. The van der Waals surface area contributed by atoms with E-state index in [0.717, 1.165) is 48.3 Å². The number of nitrogens with one attached hydrogen (secondary N) is 1. The number of carbonyl (C=O) groups is 1. The van der Waals surface area contributed by atoms with Crippen LogP contribution in [0.5, 0.6) is 0 Å². The van der Waals surface area contributed by atoms with Crippen molar-refractivity contribution in [3.8, 4) is 5.69 Å². The van der Waals surface area contributed by atoms with Gasteiger partial charge in [0.25, 0.3) is 0 Å². The highest BCUT2D eigenvalue weighted by Gasteiger charge is 2.26. The van der Waals surface area contributed by atoms with Crippen LogP contribution in [0.4, 0.5) is 0 Å². The molecule has 1 aromatic carbocycles. The van der Waals surface area contributed by atoms with Gasteiger partial charge in [-0.2, -0.15) is 10.2 Å². The Balaban J connectivity index is 1.48.